The number of likely N-dealkylation sites (tertiary alicyclic amines) is 2. The fourth-order valence-corrected chi connectivity index (χ4v) is 4.05. The highest BCUT2D eigenvalue weighted by Gasteiger charge is 2.35. The lowest BCUT2D eigenvalue weighted by Crippen LogP contribution is -2.49. The Morgan fingerprint density at radius 3 is 2.38 bits per heavy atom. The summed E-state index contributed by atoms with van der Waals surface area (Å²) in [5.41, 5.74) is 0.0128. The van der Waals surface area contributed by atoms with E-state index in [4.69, 9.17) is 11.6 Å². The molecule has 0 aliphatic carbocycles. The third-order valence-electron chi connectivity index (χ3n) is 5.64. The van der Waals surface area contributed by atoms with Crippen LogP contribution >= 0.6 is 11.6 Å². The SMILES string of the molecule is O=C(NCCCN1CCCCC1)N1CCC(O)(c2ccc(Cl)cc2)CC1. The van der Waals surface area contributed by atoms with Gasteiger partial charge in [0.15, 0.2) is 0 Å². The number of benzene rings is 1. The van der Waals surface area contributed by atoms with E-state index >= 15 is 0 Å². The van der Waals surface area contributed by atoms with Crippen molar-refractivity contribution in [3.63, 3.8) is 0 Å². The molecule has 6 heteroatoms. The van der Waals surface area contributed by atoms with Gasteiger partial charge in [-0.3, -0.25) is 0 Å². The van der Waals surface area contributed by atoms with E-state index in [1.807, 2.05) is 17.0 Å². The minimum atomic E-state index is -0.865. The molecule has 144 valence electrons. The number of hydrogen-bond donors (Lipinski definition) is 2. The third-order valence-corrected chi connectivity index (χ3v) is 5.89. The highest BCUT2D eigenvalue weighted by atomic mass is 35.5. The van der Waals surface area contributed by atoms with Gasteiger partial charge in [-0.15, -0.1) is 0 Å². The number of halogens is 1. The van der Waals surface area contributed by atoms with Crippen LogP contribution in [0, 0.1) is 0 Å². The van der Waals surface area contributed by atoms with Crippen molar-refractivity contribution in [1.82, 2.24) is 15.1 Å². The maximum absolute atomic E-state index is 12.3. The van der Waals surface area contributed by atoms with Gasteiger partial charge in [-0.2, -0.15) is 0 Å². The van der Waals surface area contributed by atoms with Gasteiger partial charge in [0.2, 0.25) is 0 Å². The zero-order chi connectivity index (χ0) is 18.4. The molecule has 0 unspecified atom stereocenters. The molecule has 26 heavy (non-hydrogen) atoms. The third kappa shape index (κ3) is 5.12. The maximum atomic E-state index is 12.3. The van der Waals surface area contributed by atoms with Crippen molar-refractivity contribution < 1.29 is 9.90 Å². The van der Waals surface area contributed by atoms with Gasteiger partial charge in [-0.1, -0.05) is 30.2 Å². The summed E-state index contributed by atoms with van der Waals surface area (Å²) in [5.74, 6) is 0. The Labute approximate surface area is 161 Å². The zero-order valence-corrected chi connectivity index (χ0v) is 16.2. The number of amides is 2. The summed E-state index contributed by atoms with van der Waals surface area (Å²) in [6.45, 7) is 5.31. The van der Waals surface area contributed by atoms with Gasteiger partial charge < -0.3 is 20.2 Å². The number of aliphatic hydroxyl groups is 1. The van der Waals surface area contributed by atoms with Crippen molar-refractivity contribution in [2.24, 2.45) is 0 Å². The Kier molecular flexibility index (Phi) is 6.79. The van der Waals surface area contributed by atoms with Gasteiger partial charge in [-0.25, -0.2) is 4.79 Å². The summed E-state index contributed by atoms with van der Waals surface area (Å²) >= 11 is 5.92. The predicted molar refractivity (Wildman–Crippen MR) is 104 cm³/mol. The highest BCUT2D eigenvalue weighted by molar-refractivity contribution is 6.30. The second-order valence-electron chi connectivity index (χ2n) is 7.51. The molecule has 0 bridgehead atoms. The summed E-state index contributed by atoms with van der Waals surface area (Å²) in [5, 5.41) is 14.6. The predicted octanol–water partition coefficient (Wildman–Crippen LogP) is 3.21. The van der Waals surface area contributed by atoms with Gasteiger partial charge in [0.25, 0.3) is 0 Å². The minimum Gasteiger partial charge on any atom is -0.385 e. The molecule has 2 aliphatic rings. The zero-order valence-electron chi connectivity index (χ0n) is 15.4. The molecule has 2 N–H and O–H groups in total. The summed E-state index contributed by atoms with van der Waals surface area (Å²) < 4.78 is 0. The van der Waals surface area contributed by atoms with Gasteiger partial charge in [0, 0.05) is 24.7 Å². The normalized spacial score (nSPS) is 20.8. The van der Waals surface area contributed by atoms with E-state index in [0.29, 0.717) is 37.5 Å². The molecule has 0 spiro atoms. The molecular weight excluding hydrogens is 350 g/mol. The Bertz CT molecular complexity index is 579. The van der Waals surface area contributed by atoms with Crippen molar-refractivity contribution in [3.8, 4) is 0 Å². The number of urea groups is 1. The smallest absolute Gasteiger partial charge is 0.317 e. The molecule has 2 amide bonds. The standard InChI is InChI=1S/C20H30ClN3O2/c21-18-7-5-17(6-8-18)20(26)9-15-24(16-10-20)19(25)22-11-4-14-23-12-2-1-3-13-23/h5-8,26H,1-4,9-16H2,(H,22,25). The van der Waals surface area contributed by atoms with Gasteiger partial charge in [0.05, 0.1) is 5.60 Å². The molecule has 3 rings (SSSR count). The number of carbonyl (C=O) groups is 1. The van der Waals surface area contributed by atoms with Crippen LogP contribution in [-0.2, 0) is 5.60 Å². The van der Waals surface area contributed by atoms with Crippen molar-refractivity contribution in [1.29, 1.82) is 0 Å². The Hall–Kier alpha value is -1.30. The number of nitrogens with zero attached hydrogens (tertiary/aromatic N) is 2. The lowest BCUT2D eigenvalue weighted by Gasteiger charge is -2.38. The van der Waals surface area contributed by atoms with Crippen LogP contribution in [0.15, 0.2) is 24.3 Å². The largest absolute Gasteiger partial charge is 0.385 e. The van der Waals surface area contributed by atoms with Gasteiger partial charge in [-0.05, 0) is 69.4 Å². The number of nitrogens with one attached hydrogen (secondary N) is 1. The lowest BCUT2D eigenvalue weighted by atomic mass is 9.84. The van der Waals surface area contributed by atoms with Crippen LogP contribution in [0.5, 0.6) is 0 Å². The first-order valence-corrected chi connectivity index (χ1v) is 10.2. The van der Waals surface area contributed by atoms with Crippen LogP contribution in [0.3, 0.4) is 0 Å². The summed E-state index contributed by atoms with van der Waals surface area (Å²) in [6.07, 6.45) is 6.05. The van der Waals surface area contributed by atoms with Crippen molar-refractivity contribution in [2.45, 2.75) is 44.1 Å². The molecule has 0 radical (unpaired) electrons. The number of carbonyl (C=O) groups excluding carboxylic acids is 1. The van der Waals surface area contributed by atoms with E-state index in [-0.39, 0.29) is 6.03 Å². The highest BCUT2D eigenvalue weighted by Crippen LogP contribution is 2.33. The first-order valence-electron chi connectivity index (χ1n) is 9.80. The molecule has 0 saturated carbocycles. The fourth-order valence-electron chi connectivity index (χ4n) is 3.92. The van der Waals surface area contributed by atoms with E-state index in [1.54, 1.807) is 12.1 Å². The molecule has 1 aromatic carbocycles. The second-order valence-corrected chi connectivity index (χ2v) is 7.95. The number of hydrogen-bond acceptors (Lipinski definition) is 3. The van der Waals surface area contributed by atoms with E-state index in [1.165, 1.54) is 32.4 Å². The number of piperidine rings is 2. The molecule has 2 fully saturated rings. The minimum absolute atomic E-state index is 0.0122. The van der Waals surface area contributed by atoms with E-state index in [2.05, 4.69) is 10.2 Å². The van der Waals surface area contributed by atoms with Gasteiger partial charge in [0.1, 0.15) is 0 Å². The van der Waals surface area contributed by atoms with Crippen LogP contribution in [0.4, 0.5) is 4.79 Å². The second kappa shape index (κ2) is 9.07. The van der Waals surface area contributed by atoms with Crippen LogP contribution in [0.25, 0.3) is 0 Å². The molecular formula is C20H30ClN3O2. The Morgan fingerprint density at radius 2 is 1.73 bits per heavy atom. The van der Waals surface area contributed by atoms with Crippen molar-refractivity contribution >= 4 is 17.6 Å². The van der Waals surface area contributed by atoms with Crippen LogP contribution in [0.1, 0.15) is 44.1 Å². The topological polar surface area (TPSA) is 55.8 Å². The first-order chi connectivity index (χ1) is 12.6. The Morgan fingerprint density at radius 1 is 1.08 bits per heavy atom. The van der Waals surface area contributed by atoms with E-state index < -0.39 is 5.60 Å². The lowest BCUT2D eigenvalue weighted by molar-refractivity contribution is -0.0167. The Balaban J connectivity index is 1.38. The monoisotopic (exact) mass is 379 g/mol. The molecule has 0 aromatic heterocycles. The van der Waals surface area contributed by atoms with Crippen LogP contribution in [0.2, 0.25) is 5.02 Å². The quantitative estimate of drug-likeness (QED) is 0.772. The van der Waals surface area contributed by atoms with Gasteiger partial charge >= 0.3 is 6.03 Å². The average molecular weight is 380 g/mol. The van der Waals surface area contributed by atoms with E-state index in [9.17, 15) is 9.90 Å². The molecule has 5 nitrogen and oxygen atoms in total. The van der Waals surface area contributed by atoms with Crippen LogP contribution in [-0.4, -0.2) is 60.2 Å². The van der Waals surface area contributed by atoms with Crippen molar-refractivity contribution in [3.05, 3.63) is 34.9 Å². The van der Waals surface area contributed by atoms with E-state index in [0.717, 1.165) is 18.5 Å². The maximum Gasteiger partial charge on any atom is 0.317 e. The van der Waals surface area contributed by atoms with Crippen LogP contribution < -0.4 is 5.32 Å². The molecule has 2 heterocycles. The molecule has 1 aromatic rings. The summed E-state index contributed by atoms with van der Waals surface area (Å²) in [6, 6.07) is 7.34. The summed E-state index contributed by atoms with van der Waals surface area (Å²) in [7, 11) is 0. The summed E-state index contributed by atoms with van der Waals surface area (Å²) in [4.78, 5) is 16.6. The first kappa shape index (κ1) is 19.5. The molecule has 2 aliphatic heterocycles. The average Bonchev–Trinajstić information content (AvgIpc) is 2.67. The molecule has 0 atom stereocenters. The molecule has 2 saturated heterocycles. The number of rotatable bonds is 5. The fraction of sp³-hybridized carbons (Fsp3) is 0.650. The van der Waals surface area contributed by atoms with Crippen molar-refractivity contribution in [2.75, 3.05) is 39.3 Å².